The molecule has 0 heterocycles. The van der Waals surface area contributed by atoms with Crippen LogP contribution in [0.2, 0.25) is 0 Å². The van der Waals surface area contributed by atoms with E-state index in [0.29, 0.717) is 31.3 Å². The summed E-state index contributed by atoms with van der Waals surface area (Å²) in [6, 6.07) is 0. The Balaban J connectivity index is 1.71. The summed E-state index contributed by atoms with van der Waals surface area (Å²) in [5.74, 6) is -1.41. The van der Waals surface area contributed by atoms with Crippen molar-refractivity contribution in [3.63, 3.8) is 0 Å². The predicted octanol–water partition coefficient (Wildman–Crippen LogP) is 5.97. The van der Waals surface area contributed by atoms with E-state index in [0.717, 1.165) is 19.3 Å². The second-order valence-corrected chi connectivity index (χ2v) is 10.6. The van der Waals surface area contributed by atoms with Crippen LogP contribution in [0.3, 0.4) is 0 Å². The number of unbranched alkanes of at least 4 members (excludes halogenated alkanes) is 2. The second kappa shape index (κ2) is 8.15. The lowest BCUT2D eigenvalue weighted by atomic mass is 9.46. The van der Waals surface area contributed by atoms with E-state index in [9.17, 15) is 14.4 Å². The van der Waals surface area contributed by atoms with Gasteiger partial charge in [-0.25, -0.2) is 0 Å². The molecule has 0 amide bonds. The largest absolute Gasteiger partial charge is 0.450 e. The molecule has 0 aromatic rings. The molecular formula is C27H40O4. The summed E-state index contributed by atoms with van der Waals surface area (Å²) in [7, 11) is 0. The first-order chi connectivity index (χ1) is 16.4. The molecule has 4 aliphatic carbocycles. The number of carbonyl (C=O) groups excluding carboxylic acids is 3. The molecule has 4 heteroatoms. The van der Waals surface area contributed by atoms with Gasteiger partial charge in [-0.1, -0.05) is 39.2 Å². The van der Waals surface area contributed by atoms with Crippen LogP contribution in [-0.4, -0.2) is 23.1 Å². The van der Waals surface area contributed by atoms with E-state index in [1.165, 1.54) is 13.0 Å². The second-order valence-electron chi connectivity index (χ2n) is 10.6. The Labute approximate surface area is 193 Å². The van der Waals surface area contributed by atoms with Gasteiger partial charge in [-0.2, -0.15) is 0 Å². The minimum Gasteiger partial charge on any atom is -0.450 e. The Hall–Kier alpha value is -1.45. The summed E-state index contributed by atoms with van der Waals surface area (Å²) < 4.78 is 41.2. The molecule has 4 nitrogen and oxygen atoms in total. The Bertz CT molecular complexity index is 936. The number of ketones is 2. The maximum atomic E-state index is 13.2. The molecule has 10 atom stereocenters. The molecule has 3 fully saturated rings. The van der Waals surface area contributed by atoms with Gasteiger partial charge in [-0.05, 0) is 87.5 Å². The molecule has 0 spiro atoms. The van der Waals surface area contributed by atoms with Crippen molar-refractivity contribution >= 4 is 17.5 Å². The molecule has 3 saturated carbocycles. The summed E-state index contributed by atoms with van der Waals surface area (Å²) >= 11 is 0. The van der Waals surface area contributed by atoms with Crippen LogP contribution < -0.4 is 0 Å². The first kappa shape index (κ1) is 18.0. The minimum absolute atomic E-state index is 0.101. The van der Waals surface area contributed by atoms with E-state index in [4.69, 9.17) is 10.2 Å². The summed E-state index contributed by atoms with van der Waals surface area (Å²) in [4.78, 5) is 38.4. The third-order valence-electron chi connectivity index (χ3n) is 9.08. The fourth-order valence-electron chi connectivity index (χ4n) is 7.23. The Kier molecular flexibility index (Phi) is 4.74. The molecule has 0 saturated heterocycles. The first-order valence-corrected chi connectivity index (χ1v) is 12.0. The number of esters is 1. The van der Waals surface area contributed by atoms with Gasteiger partial charge in [0.25, 0.3) is 0 Å². The monoisotopic (exact) mass is 438 g/mol. The van der Waals surface area contributed by atoms with Crippen LogP contribution in [0.15, 0.2) is 11.6 Å². The summed E-state index contributed by atoms with van der Waals surface area (Å²) in [5, 5.41) is 0. The van der Waals surface area contributed by atoms with Crippen molar-refractivity contribution in [2.24, 2.45) is 28.6 Å². The number of Topliss-reactive ketones (excluding diaryl/α,β-unsaturated/α-hetero) is 1. The van der Waals surface area contributed by atoms with E-state index in [2.05, 4.69) is 6.92 Å². The van der Waals surface area contributed by atoms with Crippen molar-refractivity contribution in [2.45, 2.75) is 110 Å². The highest BCUT2D eigenvalue weighted by atomic mass is 16.8. The lowest BCUT2D eigenvalue weighted by Crippen LogP contribution is -2.58. The summed E-state index contributed by atoms with van der Waals surface area (Å²) in [6.07, 6.45) is 2.70. The van der Waals surface area contributed by atoms with Gasteiger partial charge in [0.1, 0.15) is 0 Å². The molecule has 4 aliphatic rings. The Morgan fingerprint density at radius 1 is 1.23 bits per heavy atom. The summed E-state index contributed by atoms with van der Waals surface area (Å²) in [6.45, 7) is 7.51. The number of ether oxygens (including phenoxy) is 1. The zero-order chi connectivity index (χ0) is 25.9. The summed E-state index contributed by atoms with van der Waals surface area (Å²) in [5.41, 5.74) is -2.15. The highest BCUT2D eigenvalue weighted by molar-refractivity contribution is 5.91. The van der Waals surface area contributed by atoms with Crippen molar-refractivity contribution in [3.05, 3.63) is 11.6 Å². The molecule has 31 heavy (non-hydrogen) atoms. The number of fused-ring (bicyclic) bond motifs is 5. The molecule has 0 aromatic carbocycles. The van der Waals surface area contributed by atoms with Crippen LogP contribution in [0.5, 0.6) is 0 Å². The predicted molar refractivity (Wildman–Crippen MR) is 120 cm³/mol. The van der Waals surface area contributed by atoms with Crippen molar-refractivity contribution < 1.29 is 24.6 Å². The standard InChI is InChI=1S/C27H40O4/c1-5-6-7-8-24(30)31-27(18(2)28)16-13-23-21-10-9-19-17-20(29)11-14-25(19,3)22(21)12-15-26(23,27)4/h17,21-23H,5-16H2,1-4H3/t21-,22+,23+,25+,26+,27+/m1/s1/i9T,10T,11T,14T,24+2/t9?,10?,11?,14?,21-,22+,23+,25+,26+,27+. The van der Waals surface area contributed by atoms with Crippen molar-refractivity contribution in [1.82, 2.24) is 0 Å². The molecule has 172 valence electrons. The van der Waals surface area contributed by atoms with Crippen LogP contribution in [0.4, 0.5) is 0 Å². The van der Waals surface area contributed by atoms with Crippen LogP contribution in [0.1, 0.15) is 110 Å². The molecule has 4 unspecified atom stereocenters. The van der Waals surface area contributed by atoms with Crippen LogP contribution >= 0.6 is 0 Å². The average Bonchev–Trinajstić information content (AvgIpc) is 3.11. The van der Waals surface area contributed by atoms with E-state index in [-0.39, 0.29) is 35.9 Å². The van der Waals surface area contributed by atoms with Crippen LogP contribution in [0, 0.1) is 28.6 Å². The van der Waals surface area contributed by atoms with E-state index in [1.807, 2.05) is 13.8 Å². The van der Waals surface area contributed by atoms with E-state index in [1.54, 1.807) is 0 Å². The number of allylic oxidation sites excluding steroid dienone is 1. The third kappa shape index (κ3) is 3.43. The van der Waals surface area contributed by atoms with Gasteiger partial charge in [0, 0.05) is 23.7 Å². The highest BCUT2D eigenvalue weighted by Crippen LogP contribution is 2.68. The van der Waals surface area contributed by atoms with E-state index < -0.39 is 47.8 Å². The molecule has 0 radical (unpaired) electrons. The number of rotatable bonds is 6. The third-order valence-corrected chi connectivity index (χ3v) is 9.08. The van der Waals surface area contributed by atoms with Crippen LogP contribution in [-0.2, 0) is 19.1 Å². The van der Waals surface area contributed by atoms with Gasteiger partial charge < -0.3 is 4.74 Å². The number of carbonyl (C=O) groups is 3. The Morgan fingerprint density at radius 2 is 1.97 bits per heavy atom. The van der Waals surface area contributed by atoms with Gasteiger partial charge in [0.15, 0.2) is 17.2 Å². The van der Waals surface area contributed by atoms with Gasteiger partial charge in [-0.15, -0.1) is 0 Å². The quantitative estimate of drug-likeness (QED) is 0.379. The van der Waals surface area contributed by atoms with Gasteiger partial charge >= 0.3 is 5.97 Å². The number of hydrogen-bond acceptors (Lipinski definition) is 4. The van der Waals surface area contributed by atoms with Gasteiger partial charge in [0.05, 0.1) is 0 Å². The smallest absolute Gasteiger partial charge is 0.306 e. The Morgan fingerprint density at radius 3 is 2.68 bits per heavy atom. The maximum absolute atomic E-state index is 13.2. The first-order valence-electron chi connectivity index (χ1n) is 14.4. The topological polar surface area (TPSA) is 60.4 Å². The maximum Gasteiger partial charge on any atom is 0.306 e. The SMILES string of the molecule is [3H]C1C2=CC(=O)C([3H])C([3H])[C@]2(C)[C@H]2CC[C@@]3(C)[C@@H](CC[C@]3(O[14C](=O)CCCCC)C(C)=O)[C@@H]2C1[3H]. The fourth-order valence-corrected chi connectivity index (χ4v) is 7.23. The lowest BCUT2D eigenvalue weighted by Gasteiger charge is -2.59. The van der Waals surface area contributed by atoms with Crippen molar-refractivity contribution in [3.8, 4) is 0 Å². The van der Waals surface area contributed by atoms with Gasteiger partial charge in [-0.3, -0.25) is 14.4 Å². The molecule has 4 rings (SSSR count). The minimum atomic E-state index is -1.22. The highest BCUT2D eigenvalue weighted by Gasteiger charge is 2.67. The molecule has 0 bridgehead atoms. The van der Waals surface area contributed by atoms with Gasteiger partial charge in [0.2, 0.25) is 0 Å². The normalized spacial score (nSPS) is 53.0. The zero-order valence-corrected chi connectivity index (χ0v) is 19.4. The van der Waals surface area contributed by atoms with E-state index >= 15 is 0 Å². The van der Waals surface area contributed by atoms with Crippen LogP contribution in [0.25, 0.3) is 0 Å². The molecular weight excluding hydrogens is 390 g/mol. The van der Waals surface area contributed by atoms with Crippen molar-refractivity contribution in [2.75, 3.05) is 0 Å². The average molecular weight is 439 g/mol. The number of hydrogen-bond donors (Lipinski definition) is 0. The zero-order valence-electron chi connectivity index (χ0n) is 23.4. The molecule has 0 aliphatic heterocycles. The van der Waals surface area contributed by atoms with Crippen molar-refractivity contribution in [1.29, 1.82) is 0 Å². The molecule has 0 N–H and O–H groups in total. The fraction of sp³-hybridized carbons (Fsp3) is 0.815. The molecule has 0 aromatic heterocycles. The lowest BCUT2D eigenvalue weighted by molar-refractivity contribution is -0.189.